The number of carbonyl (C=O) groups excluding carboxylic acids is 1. The summed E-state index contributed by atoms with van der Waals surface area (Å²) >= 11 is 0. The molecule has 0 aromatic carbocycles. The van der Waals surface area contributed by atoms with E-state index < -0.39 is 0 Å². The predicted octanol–water partition coefficient (Wildman–Crippen LogP) is 2.19. The molecule has 0 bridgehead atoms. The summed E-state index contributed by atoms with van der Waals surface area (Å²) in [7, 11) is 3.75. The van der Waals surface area contributed by atoms with Crippen LogP contribution in [0.25, 0.3) is 0 Å². The molecule has 7 nitrogen and oxygen atoms in total. The number of carbonyl (C=O) groups is 1. The number of amides is 2. The van der Waals surface area contributed by atoms with Gasteiger partial charge in [-0.2, -0.15) is 5.10 Å². The average Bonchev–Trinajstić information content (AvgIpc) is 3.08. The Morgan fingerprint density at radius 2 is 2.16 bits per heavy atom. The Morgan fingerprint density at radius 3 is 2.84 bits per heavy atom. The smallest absolute Gasteiger partial charge is 0.317 e. The molecule has 0 radical (unpaired) electrons. The minimum Gasteiger partial charge on any atom is -0.367 e. The molecule has 3 rings (SSSR count). The van der Waals surface area contributed by atoms with Crippen LogP contribution in [-0.2, 0) is 7.05 Å². The Bertz CT molecular complexity index is 701. The maximum atomic E-state index is 12.6. The number of aromatic nitrogens is 3. The van der Waals surface area contributed by atoms with Gasteiger partial charge in [-0.1, -0.05) is 0 Å². The highest BCUT2D eigenvalue weighted by Gasteiger charge is 2.25. The van der Waals surface area contributed by atoms with Crippen molar-refractivity contribution in [1.82, 2.24) is 25.0 Å². The number of piperidine rings is 1. The van der Waals surface area contributed by atoms with Crippen LogP contribution in [0.15, 0.2) is 36.9 Å². The third-order valence-corrected chi connectivity index (χ3v) is 4.90. The zero-order valence-corrected chi connectivity index (χ0v) is 15.1. The Labute approximate surface area is 148 Å². The summed E-state index contributed by atoms with van der Waals surface area (Å²) in [6.07, 6.45) is 9.46. The zero-order valence-electron chi connectivity index (χ0n) is 15.1. The van der Waals surface area contributed by atoms with E-state index in [1.54, 1.807) is 17.3 Å². The molecule has 0 spiro atoms. The third kappa shape index (κ3) is 4.10. The van der Waals surface area contributed by atoms with Gasteiger partial charge < -0.3 is 15.1 Å². The number of nitrogens with one attached hydrogen (secondary N) is 1. The van der Waals surface area contributed by atoms with Crippen molar-refractivity contribution >= 4 is 11.7 Å². The highest BCUT2D eigenvalue weighted by Crippen LogP contribution is 2.21. The predicted molar refractivity (Wildman–Crippen MR) is 97.4 cm³/mol. The monoisotopic (exact) mass is 342 g/mol. The fraction of sp³-hybridized carbons (Fsp3) is 0.500. The van der Waals surface area contributed by atoms with E-state index in [4.69, 9.17) is 0 Å². The lowest BCUT2D eigenvalue weighted by molar-refractivity contribution is 0.188. The number of hydrogen-bond acceptors (Lipinski definition) is 4. The molecule has 1 aliphatic rings. The number of pyridine rings is 1. The lowest BCUT2D eigenvalue weighted by Gasteiger charge is -2.35. The van der Waals surface area contributed by atoms with Crippen LogP contribution in [0.1, 0.15) is 31.4 Å². The molecule has 2 amide bonds. The van der Waals surface area contributed by atoms with Crippen molar-refractivity contribution in [2.45, 2.75) is 31.8 Å². The fourth-order valence-corrected chi connectivity index (χ4v) is 3.22. The summed E-state index contributed by atoms with van der Waals surface area (Å²) in [5.74, 6) is 0. The first kappa shape index (κ1) is 17.3. The molecule has 25 heavy (non-hydrogen) atoms. The third-order valence-electron chi connectivity index (χ3n) is 4.90. The van der Waals surface area contributed by atoms with Crippen molar-refractivity contribution in [3.05, 3.63) is 42.5 Å². The highest BCUT2D eigenvalue weighted by molar-refractivity contribution is 5.75. The topological polar surface area (TPSA) is 66.3 Å². The number of urea groups is 1. The van der Waals surface area contributed by atoms with Crippen LogP contribution < -0.4 is 10.2 Å². The second-order valence-electron chi connectivity index (χ2n) is 6.67. The number of nitrogens with zero attached hydrogens (tertiary/aromatic N) is 5. The van der Waals surface area contributed by atoms with Gasteiger partial charge in [-0.25, -0.2) is 4.79 Å². The van der Waals surface area contributed by atoms with Crippen LogP contribution in [0.3, 0.4) is 0 Å². The van der Waals surface area contributed by atoms with E-state index in [0.717, 1.165) is 37.2 Å². The molecule has 2 aromatic heterocycles. The van der Waals surface area contributed by atoms with Gasteiger partial charge in [0.2, 0.25) is 0 Å². The van der Waals surface area contributed by atoms with Crippen LogP contribution in [0.4, 0.5) is 10.5 Å². The molecule has 1 N–H and O–H groups in total. The molecule has 1 aliphatic heterocycles. The van der Waals surface area contributed by atoms with Gasteiger partial charge in [0, 0.05) is 51.8 Å². The Kier molecular flexibility index (Phi) is 5.21. The molecule has 1 saturated heterocycles. The minimum absolute atomic E-state index is 0.000942. The number of aryl methyl sites for hydroxylation is 1. The van der Waals surface area contributed by atoms with Crippen molar-refractivity contribution in [1.29, 1.82) is 0 Å². The van der Waals surface area contributed by atoms with E-state index >= 15 is 0 Å². The van der Waals surface area contributed by atoms with Gasteiger partial charge in [0.1, 0.15) is 0 Å². The minimum atomic E-state index is -0.0395. The summed E-state index contributed by atoms with van der Waals surface area (Å²) in [5, 5.41) is 7.42. The first-order valence-electron chi connectivity index (χ1n) is 8.71. The first-order chi connectivity index (χ1) is 12.0. The van der Waals surface area contributed by atoms with Crippen molar-refractivity contribution in [2.75, 3.05) is 25.0 Å². The van der Waals surface area contributed by atoms with Gasteiger partial charge in [0.05, 0.1) is 17.9 Å². The average molecular weight is 342 g/mol. The summed E-state index contributed by atoms with van der Waals surface area (Å²) in [5.41, 5.74) is 2.19. The van der Waals surface area contributed by atoms with Gasteiger partial charge in [0.25, 0.3) is 0 Å². The molecule has 0 unspecified atom stereocenters. The molecule has 3 heterocycles. The second-order valence-corrected chi connectivity index (χ2v) is 6.67. The first-order valence-corrected chi connectivity index (χ1v) is 8.71. The maximum absolute atomic E-state index is 12.6. The van der Waals surface area contributed by atoms with E-state index in [-0.39, 0.29) is 18.1 Å². The number of anilines is 1. The van der Waals surface area contributed by atoms with Crippen LogP contribution in [0, 0.1) is 0 Å². The molecule has 134 valence electrons. The SMILES string of the molecule is C[C@H](c1ccncc1)N(C)C(=O)N[C@@H]1CCCN(c2cnn(C)c2)C1. The largest absolute Gasteiger partial charge is 0.367 e. The molecule has 7 heteroatoms. The summed E-state index contributed by atoms with van der Waals surface area (Å²) in [6.45, 7) is 3.84. The van der Waals surface area contributed by atoms with Crippen molar-refractivity contribution in [3.8, 4) is 0 Å². The summed E-state index contributed by atoms with van der Waals surface area (Å²) < 4.78 is 1.81. The van der Waals surface area contributed by atoms with Crippen LogP contribution >= 0.6 is 0 Å². The van der Waals surface area contributed by atoms with Crippen LogP contribution in [0.2, 0.25) is 0 Å². The normalized spacial score (nSPS) is 18.7. The van der Waals surface area contributed by atoms with E-state index in [0.29, 0.717) is 0 Å². The zero-order chi connectivity index (χ0) is 17.8. The molecule has 0 saturated carbocycles. The van der Waals surface area contributed by atoms with Gasteiger partial charge in [0.15, 0.2) is 0 Å². The number of rotatable bonds is 4. The quantitative estimate of drug-likeness (QED) is 0.925. The Morgan fingerprint density at radius 1 is 1.40 bits per heavy atom. The van der Waals surface area contributed by atoms with Crippen molar-refractivity contribution in [2.24, 2.45) is 7.05 Å². The molecule has 1 fully saturated rings. The highest BCUT2D eigenvalue weighted by atomic mass is 16.2. The van der Waals surface area contributed by atoms with E-state index in [2.05, 4.69) is 20.3 Å². The van der Waals surface area contributed by atoms with Crippen molar-refractivity contribution < 1.29 is 4.79 Å². The maximum Gasteiger partial charge on any atom is 0.317 e. The Hall–Kier alpha value is -2.57. The van der Waals surface area contributed by atoms with Gasteiger partial charge in [-0.15, -0.1) is 0 Å². The standard InChI is InChI=1S/C18H26N6O/c1-14(15-6-8-19-9-7-15)23(3)18(25)21-16-5-4-10-24(12-16)17-11-20-22(2)13-17/h6-9,11,13-14,16H,4-5,10,12H2,1-3H3,(H,21,25)/t14-,16-/m1/s1. The summed E-state index contributed by atoms with van der Waals surface area (Å²) in [6, 6.07) is 4.00. The van der Waals surface area contributed by atoms with E-state index in [9.17, 15) is 4.79 Å². The van der Waals surface area contributed by atoms with Crippen molar-refractivity contribution in [3.63, 3.8) is 0 Å². The fourth-order valence-electron chi connectivity index (χ4n) is 3.22. The van der Waals surface area contributed by atoms with Gasteiger partial charge in [-0.05, 0) is 37.5 Å². The molecular formula is C18H26N6O. The van der Waals surface area contributed by atoms with E-state index in [1.807, 2.05) is 50.2 Å². The lowest BCUT2D eigenvalue weighted by atomic mass is 10.1. The van der Waals surface area contributed by atoms with Crippen LogP contribution in [-0.4, -0.2) is 51.9 Å². The molecule has 2 aromatic rings. The summed E-state index contributed by atoms with van der Waals surface area (Å²) in [4.78, 5) is 20.7. The Balaban J connectivity index is 1.58. The molecule has 0 aliphatic carbocycles. The van der Waals surface area contributed by atoms with Crippen LogP contribution in [0.5, 0.6) is 0 Å². The van der Waals surface area contributed by atoms with Gasteiger partial charge in [-0.3, -0.25) is 9.67 Å². The lowest BCUT2D eigenvalue weighted by Crippen LogP contribution is -2.51. The van der Waals surface area contributed by atoms with Gasteiger partial charge >= 0.3 is 6.03 Å². The number of hydrogen-bond donors (Lipinski definition) is 1. The molecule has 2 atom stereocenters. The van der Waals surface area contributed by atoms with E-state index in [1.165, 1.54) is 0 Å². The molecular weight excluding hydrogens is 316 g/mol. The second kappa shape index (κ2) is 7.55.